The summed E-state index contributed by atoms with van der Waals surface area (Å²) in [4.78, 5) is 37.4. The minimum absolute atomic E-state index is 0.0120. The summed E-state index contributed by atoms with van der Waals surface area (Å²) in [5, 5.41) is 5.65. The van der Waals surface area contributed by atoms with Gasteiger partial charge in [0.1, 0.15) is 0 Å². The summed E-state index contributed by atoms with van der Waals surface area (Å²) in [6.07, 6.45) is 4.03. The highest BCUT2D eigenvalue weighted by atomic mass is 16.2. The van der Waals surface area contributed by atoms with Crippen molar-refractivity contribution in [1.29, 1.82) is 0 Å². The second-order valence-electron chi connectivity index (χ2n) is 6.78. The lowest BCUT2D eigenvalue weighted by molar-refractivity contribution is -0.135. The van der Waals surface area contributed by atoms with Crippen molar-refractivity contribution >= 4 is 17.7 Å². The average molecular weight is 340 g/mol. The van der Waals surface area contributed by atoms with E-state index in [1.54, 1.807) is 0 Å². The van der Waals surface area contributed by atoms with E-state index in [4.69, 9.17) is 5.73 Å². The van der Waals surface area contributed by atoms with Crippen molar-refractivity contribution in [3.63, 3.8) is 0 Å². The quantitative estimate of drug-likeness (QED) is 0.564. The summed E-state index contributed by atoms with van der Waals surface area (Å²) < 4.78 is 0. The SMILES string of the molecule is CC(C)CC(=O)NCCC(=O)N1CCCCC1CNC(=O)CCN. The van der Waals surface area contributed by atoms with Crippen molar-refractivity contribution < 1.29 is 14.4 Å². The van der Waals surface area contributed by atoms with E-state index in [1.807, 2.05) is 18.7 Å². The first-order valence-corrected chi connectivity index (χ1v) is 8.97. The molecule has 0 aromatic rings. The Kier molecular flexibility index (Phi) is 9.37. The first-order chi connectivity index (χ1) is 11.4. The molecule has 0 aromatic heterocycles. The number of rotatable bonds is 9. The molecule has 0 bridgehead atoms. The van der Waals surface area contributed by atoms with Gasteiger partial charge in [0.05, 0.1) is 0 Å². The van der Waals surface area contributed by atoms with Crippen molar-refractivity contribution in [3.8, 4) is 0 Å². The molecule has 3 amide bonds. The van der Waals surface area contributed by atoms with Crippen LogP contribution in [0.25, 0.3) is 0 Å². The van der Waals surface area contributed by atoms with Crippen LogP contribution in [0, 0.1) is 5.92 Å². The predicted molar refractivity (Wildman–Crippen MR) is 93.1 cm³/mol. The Morgan fingerprint density at radius 3 is 2.54 bits per heavy atom. The Labute approximate surface area is 144 Å². The number of carbonyl (C=O) groups is 3. The molecule has 1 aliphatic heterocycles. The van der Waals surface area contributed by atoms with Crippen LogP contribution in [0.4, 0.5) is 0 Å². The van der Waals surface area contributed by atoms with E-state index in [-0.39, 0.29) is 23.8 Å². The van der Waals surface area contributed by atoms with Gasteiger partial charge in [-0.15, -0.1) is 0 Å². The van der Waals surface area contributed by atoms with Crippen LogP contribution in [-0.4, -0.2) is 54.8 Å². The maximum Gasteiger partial charge on any atom is 0.224 e. The monoisotopic (exact) mass is 340 g/mol. The van der Waals surface area contributed by atoms with Crippen LogP contribution in [-0.2, 0) is 14.4 Å². The highest BCUT2D eigenvalue weighted by Crippen LogP contribution is 2.17. The molecule has 1 heterocycles. The van der Waals surface area contributed by atoms with Gasteiger partial charge in [0.25, 0.3) is 0 Å². The van der Waals surface area contributed by atoms with Gasteiger partial charge in [-0.2, -0.15) is 0 Å². The maximum absolute atomic E-state index is 12.4. The largest absolute Gasteiger partial charge is 0.356 e. The Balaban J connectivity index is 2.38. The Morgan fingerprint density at radius 1 is 1.12 bits per heavy atom. The molecule has 1 saturated heterocycles. The topological polar surface area (TPSA) is 105 Å². The molecule has 1 unspecified atom stereocenters. The number of amides is 3. The molecule has 0 aliphatic carbocycles. The molecule has 1 rings (SSSR count). The van der Waals surface area contributed by atoms with Crippen molar-refractivity contribution in [2.75, 3.05) is 26.2 Å². The van der Waals surface area contributed by atoms with Gasteiger partial charge in [-0.1, -0.05) is 13.8 Å². The van der Waals surface area contributed by atoms with Crippen molar-refractivity contribution in [3.05, 3.63) is 0 Å². The van der Waals surface area contributed by atoms with Gasteiger partial charge in [-0.25, -0.2) is 0 Å². The van der Waals surface area contributed by atoms with E-state index in [9.17, 15) is 14.4 Å². The fourth-order valence-corrected chi connectivity index (χ4v) is 2.89. The van der Waals surface area contributed by atoms with E-state index >= 15 is 0 Å². The van der Waals surface area contributed by atoms with Gasteiger partial charge in [0.2, 0.25) is 17.7 Å². The zero-order chi connectivity index (χ0) is 17.9. The lowest BCUT2D eigenvalue weighted by Crippen LogP contribution is -2.50. The van der Waals surface area contributed by atoms with Crippen LogP contribution in [0.1, 0.15) is 52.4 Å². The summed E-state index contributed by atoms with van der Waals surface area (Å²) in [6, 6.07) is 0.0411. The average Bonchev–Trinajstić information content (AvgIpc) is 2.52. The van der Waals surface area contributed by atoms with Crippen LogP contribution in [0.2, 0.25) is 0 Å². The smallest absolute Gasteiger partial charge is 0.224 e. The normalized spacial score (nSPS) is 17.7. The van der Waals surface area contributed by atoms with Crippen LogP contribution in [0.3, 0.4) is 0 Å². The van der Waals surface area contributed by atoms with Gasteiger partial charge in [-0.3, -0.25) is 14.4 Å². The summed E-state index contributed by atoms with van der Waals surface area (Å²) in [5.74, 6) is 0.264. The van der Waals surface area contributed by atoms with Gasteiger partial charge in [0.15, 0.2) is 0 Å². The van der Waals surface area contributed by atoms with Crippen LogP contribution < -0.4 is 16.4 Å². The third-order valence-corrected chi connectivity index (χ3v) is 4.11. The van der Waals surface area contributed by atoms with E-state index in [2.05, 4.69) is 10.6 Å². The molecular formula is C17H32N4O3. The fraction of sp³-hybridized carbons (Fsp3) is 0.824. The first-order valence-electron chi connectivity index (χ1n) is 8.97. The Bertz CT molecular complexity index is 426. The molecule has 7 nitrogen and oxygen atoms in total. The molecule has 4 N–H and O–H groups in total. The number of likely N-dealkylation sites (tertiary alicyclic amines) is 1. The third-order valence-electron chi connectivity index (χ3n) is 4.11. The Hall–Kier alpha value is -1.63. The van der Waals surface area contributed by atoms with Crippen molar-refractivity contribution in [2.24, 2.45) is 11.7 Å². The number of carbonyl (C=O) groups excluding carboxylic acids is 3. The van der Waals surface area contributed by atoms with Gasteiger partial charge in [-0.05, 0) is 25.2 Å². The lowest BCUT2D eigenvalue weighted by Gasteiger charge is -2.36. The second-order valence-corrected chi connectivity index (χ2v) is 6.78. The zero-order valence-electron chi connectivity index (χ0n) is 15.0. The van der Waals surface area contributed by atoms with E-state index in [1.165, 1.54) is 0 Å². The fourth-order valence-electron chi connectivity index (χ4n) is 2.89. The Morgan fingerprint density at radius 2 is 1.88 bits per heavy atom. The molecule has 1 atom stereocenters. The van der Waals surface area contributed by atoms with E-state index < -0.39 is 0 Å². The zero-order valence-corrected chi connectivity index (χ0v) is 15.0. The van der Waals surface area contributed by atoms with Gasteiger partial charge < -0.3 is 21.3 Å². The molecule has 0 aromatic carbocycles. The molecule has 1 aliphatic rings. The van der Waals surface area contributed by atoms with E-state index in [0.29, 0.717) is 44.8 Å². The maximum atomic E-state index is 12.4. The summed E-state index contributed by atoms with van der Waals surface area (Å²) in [5.41, 5.74) is 5.36. The summed E-state index contributed by atoms with van der Waals surface area (Å²) >= 11 is 0. The highest BCUT2D eigenvalue weighted by Gasteiger charge is 2.26. The van der Waals surface area contributed by atoms with Crippen LogP contribution in [0.15, 0.2) is 0 Å². The first kappa shape index (κ1) is 20.4. The molecule has 24 heavy (non-hydrogen) atoms. The summed E-state index contributed by atoms with van der Waals surface area (Å²) in [6.45, 7) is 5.87. The highest BCUT2D eigenvalue weighted by molar-refractivity contribution is 5.79. The minimum Gasteiger partial charge on any atom is -0.356 e. The number of nitrogens with one attached hydrogen (secondary N) is 2. The molecule has 138 valence electrons. The molecule has 0 saturated carbocycles. The number of hydrogen-bond donors (Lipinski definition) is 3. The lowest BCUT2D eigenvalue weighted by atomic mass is 10.0. The molecule has 1 fully saturated rings. The number of nitrogens with two attached hydrogens (primary N) is 1. The summed E-state index contributed by atoms with van der Waals surface area (Å²) in [7, 11) is 0. The second kappa shape index (κ2) is 11.0. The number of nitrogens with zero attached hydrogens (tertiary/aromatic N) is 1. The molecule has 7 heteroatoms. The van der Waals surface area contributed by atoms with Gasteiger partial charge >= 0.3 is 0 Å². The number of hydrogen-bond acceptors (Lipinski definition) is 4. The van der Waals surface area contributed by atoms with Crippen molar-refractivity contribution in [2.45, 2.75) is 58.4 Å². The standard InChI is InChI=1S/C17H32N4O3/c1-13(2)11-16(23)19-9-7-17(24)21-10-4-3-5-14(21)12-20-15(22)6-8-18/h13-14H,3-12,18H2,1-2H3,(H,19,23)(H,20,22). The molecule has 0 radical (unpaired) electrons. The minimum atomic E-state index is -0.0728. The van der Waals surface area contributed by atoms with Crippen LogP contribution in [0.5, 0.6) is 0 Å². The van der Waals surface area contributed by atoms with E-state index in [0.717, 1.165) is 25.8 Å². The molecular weight excluding hydrogens is 308 g/mol. The van der Waals surface area contributed by atoms with Crippen molar-refractivity contribution in [1.82, 2.24) is 15.5 Å². The predicted octanol–water partition coefficient (Wildman–Crippen LogP) is 0.385. The third kappa shape index (κ3) is 7.77. The molecule has 0 spiro atoms. The number of piperidine rings is 1. The van der Waals surface area contributed by atoms with Gasteiger partial charge in [0, 0.05) is 51.5 Å². The van der Waals surface area contributed by atoms with Crippen LogP contribution >= 0.6 is 0 Å².